The molecule has 164 valence electrons. The van der Waals surface area contributed by atoms with Gasteiger partial charge in [0, 0.05) is 42.9 Å². The second-order valence-corrected chi connectivity index (χ2v) is 8.18. The van der Waals surface area contributed by atoms with Crippen LogP contribution in [0.4, 0.5) is 0 Å². The van der Waals surface area contributed by atoms with E-state index in [-0.39, 0.29) is 36.4 Å². The van der Waals surface area contributed by atoms with Crippen LogP contribution in [-0.4, -0.2) is 47.6 Å². The number of nitrogens with zero attached hydrogens (tertiary/aromatic N) is 2. The fourth-order valence-corrected chi connectivity index (χ4v) is 5.31. The first-order valence-electron chi connectivity index (χ1n) is 10.6. The van der Waals surface area contributed by atoms with Crippen LogP contribution in [0.5, 0.6) is 0 Å². The number of para-hydroxylation sites is 1. The van der Waals surface area contributed by atoms with Gasteiger partial charge in [-0.2, -0.15) is 0 Å². The van der Waals surface area contributed by atoms with E-state index in [4.69, 9.17) is 9.47 Å². The number of rotatable bonds is 4. The van der Waals surface area contributed by atoms with Gasteiger partial charge in [0.2, 0.25) is 5.91 Å². The van der Waals surface area contributed by atoms with Crippen molar-refractivity contribution in [3.8, 4) is 0 Å². The van der Waals surface area contributed by atoms with Crippen LogP contribution >= 0.6 is 0 Å². The summed E-state index contributed by atoms with van der Waals surface area (Å²) < 4.78 is 12.6. The van der Waals surface area contributed by atoms with Gasteiger partial charge in [-0.05, 0) is 37.0 Å². The quantitative estimate of drug-likeness (QED) is 0.556. The molecule has 0 aliphatic carbocycles. The Bertz CT molecular complexity index is 1080. The largest absolute Gasteiger partial charge is 0.467 e. The van der Waals surface area contributed by atoms with Crippen LogP contribution in [0.2, 0.25) is 0 Å². The summed E-state index contributed by atoms with van der Waals surface area (Å²) in [7, 11) is 1.40. The van der Waals surface area contributed by atoms with Crippen molar-refractivity contribution < 1.29 is 23.9 Å². The third kappa shape index (κ3) is 3.42. The van der Waals surface area contributed by atoms with Gasteiger partial charge in [-0.15, -0.1) is 0 Å². The van der Waals surface area contributed by atoms with Gasteiger partial charge in [0.15, 0.2) is 0 Å². The van der Waals surface area contributed by atoms with Crippen LogP contribution in [0, 0.1) is 5.92 Å². The van der Waals surface area contributed by atoms with E-state index in [9.17, 15) is 14.4 Å². The minimum atomic E-state index is -0.594. The molecule has 0 N–H and O–H groups in total. The Balaban J connectivity index is 1.95. The summed E-state index contributed by atoms with van der Waals surface area (Å²) in [5.41, 5.74) is 4.04. The van der Waals surface area contributed by atoms with Crippen molar-refractivity contribution in [2.45, 2.75) is 45.7 Å². The maximum atomic E-state index is 13.1. The van der Waals surface area contributed by atoms with Crippen LogP contribution in [0.3, 0.4) is 0 Å². The van der Waals surface area contributed by atoms with Gasteiger partial charge in [-0.1, -0.05) is 24.3 Å². The maximum Gasteiger partial charge on any atom is 0.329 e. The lowest BCUT2D eigenvalue weighted by molar-refractivity contribution is -0.147. The third-order valence-electron chi connectivity index (χ3n) is 6.62. The van der Waals surface area contributed by atoms with E-state index in [2.05, 4.69) is 10.6 Å². The molecule has 3 atom stereocenters. The summed E-state index contributed by atoms with van der Waals surface area (Å²) in [6.07, 6.45) is 3.23. The summed E-state index contributed by atoms with van der Waals surface area (Å²) in [5, 5.41) is 1.11. The zero-order valence-electron chi connectivity index (χ0n) is 18.4. The van der Waals surface area contributed by atoms with E-state index in [0.717, 1.165) is 28.6 Å². The highest BCUT2D eigenvalue weighted by Gasteiger charge is 2.47. The molecule has 0 unspecified atom stereocenters. The SMILES string of the molecule is C/C=C(/COC(C)=O)[C@@H]1C[C@H]2c3c(c4ccccc4n3[C@H]1C(=O)OC)CCN2C(C)=O. The molecule has 0 radical (unpaired) electrons. The second kappa shape index (κ2) is 8.21. The molecule has 1 amide bonds. The first-order valence-corrected chi connectivity index (χ1v) is 10.6. The molecule has 3 heterocycles. The molecule has 2 aliphatic heterocycles. The van der Waals surface area contributed by atoms with Gasteiger partial charge in [-0.25, -0.2) is 4.79 Å². The predicted octanol–water partition coefficient (Wildman–Crippen LogP) is 3.33. The van der Waals surface area contributed by atoms with Crippen molar-refractivity contribution in [2.24, 2.45) is 5.92 Å². The molecule has 0 bridgehead atoms. The minimum absolute atomic E-state index is 0.0183. The second-order valence-electron chi connectivity index (χ2n) is 8.18. The number of hydrogen-bond donors (Lipinski definition) is 0. The molecule has 31 heavy (non-hydrogen) atoms. The van der Waals surface area contributed by atoms with Gasteiger partial charge >= 0.3 is 11.9 Å². The highest BCUT2D eigenvalue weighted by Crippen LogP contribution is 2.50. The van der Waals surface area contributed by atoms with Gasteiger partial charge in [0.25, 0.3) is 0 Å². The van der Waals surface area contributed by atoms with Gasteiger partial charge in [-0.3, -0.25) is 9.59 Å². The number of carbonyl (C=O) groups excluding carboxylic acids is 3. The first-order chi connectivity index (χ1) is 14.9. The molecule has 2 aromatic rings. The van der Waals surface area contributed by atoms with Crippen LogP contribution in [0.15, 0.2) is 35.9 Å². The highest BCUT2D eigenvalue weighted by atomic mass is 16.5. The zero-order valence-corrected chi connectivity index (χ0v) is 18.4. The monoisotopic (exact) mass is 424 g/mol. The zero-order chi connectivity index (χ0) is 22.3. The number of fused-ring (bicyclic) bond motifs is 3. The van der Waals surface area contributed by atoms with Gasteiger partial charge in [0.1, 0.15) is 12.6 Å². The highest BCUT2D eigenvalue weighted by molar-refractivity contribution is 5.90. The molecule has 7 nitrogen and oxygen atoms in total. The Morgan fingerprint density at radius 3 is 2.58 bits per heavy atom. The molecule has 7 heteroatoms. The molecule has 1 aromatic heterocycles. The summed E-state index contributed by atoms with van der Waals surface area (Å²) in [6, 6.07) is 7.32. The number of allylic oxidation sites excluding steroid dienone is 1. The number of hydrogen-bond acceptors (Lipinski definition) is 5. The maximum absolute atomic E-state index is 13.1. The van der Waals surface area contributed by atoms with E-state index in [0.29, 0.717) is 13.0 Å². The van der Waals surface area contributed by atoms with E-state index >= 15 is 0 Å². The normalized spacial score (nSPS) is 22.8. The molecule has 2 aliphatic rings. The summed E-state index contributed by atoms with van der Waals surface area (Å²) >= 11 is 0. The lowest BCUT2D eigenvalue weighted by Gasteiger charge is -2.45. The fraction of sp³-hybridized carbons (Fsp3) is 0.458. The van der Waals surface area contributed by atoms with E-state index in [1.165, 1.54) is 19.6 Å². The van der Waals surface area contributed by atoms with Crippen molar-refractivity contribution in [3.05, 3.63) is 47.2 Å². The molecule has 1 aromatic carbocycles. The van der Waals surface area contributed by atoms with Crippen LogP contribution in [-0.2, 0) is 30.3 Å². The Labute approximate surface area is 181 Å². The summed E-state index contributed by atoms with van der Waals surface area (Å²) in [4.78, 5) is 39.0. The smallest absolute Gasteiger partial charge is 0.329 e. The minimum Gasteiger partial charge on any atom is -0.467 e. The Morgan fingerprint density at radius 1 is 1.19 bits per heavy atom. The molecule has 0 spiro atoms. The Kier molecular flexibility index (Phi) is 5.60. The van der Waals surface area contributed by atoms with E-state index in [1.807, 2.05) is 36.1 Å². The van der Waals surface area contributed by atoms with E-state index < -0.39 is 6.04 Å². The number of carbonyl (C=O) groups is 3. The number of amides is 1. The average Bonchev–Trinajstić information content (AvgIpc) is 3.09. The molecular weight excluding hydrogens is 396 g/mol. The first kappa shape index (κ1) is 21.2. The topological polar surface area (TPSA) is 77.8 Å². The molecule has 0 saturated heterocycles. The predicted molar refractivity (Wildman–Crippen MR) is 115 cm³/mol. The molecule has 0 fully saturated rings. The number of benzene rings is 1. The van der Waals surface area contributed by atoms with Crippen molar-refractivity contribution in [2.75, 3.05) is 20.3 Å². The lowest BCUT2D eigenvalue weighted by atomic mass is 9.79. The average molecular weight is 424 g/mol. The number of methoxy groups -OCH3 is 1. The Hall–Kier alpha value is -3.09. The standard InChI is InChI=1S/C24H28N2O5/c1-5-16(13-31-15(3)28)19-12-21-22-18(10-11-25(21)14(2)27)17-8-6-7-9-20(17)26(22)23(19)24(29)30-4/h5-9,19,21,23H,10-13H2,1-4H3/b16-5-/t19-,21-,23+/m0/s1. The van der Waals surface area contributed by atoms with Crippen LogP contribution in [0.1, 0.15) is 50.5 Å². The van der Waals surface area contributed by atoms with Crippen molar-refractivity contribution in [1.29, 1.82) is 0 Å². The van der Waals surface area contributed by atoms with Crippen molar-refractivity contribution >= 4 is 28.7 Å². The van der Waals surface area contributed by atoms with Gasteiger partial charge in [0.05, 0.1) is 13.2 Å². The fourth-order valence-electron chi connectivity index (χ4n) is 5.31. The molecule has 0 saturated carbocycles. The van der Waals surface area contributed by atoms with Crippen LogP contribution in [0.25, 0.3) is 10.9 Å². The molecule has 4 rings (SSSR count). The molecular formula is C24H28N2O5. The number of aromatic nitrogens is 1. The third-order valence-corrected chi connectivity index (χ3v) is 6.62. The summed E-state index contributed by atoms with van der Waals surface area (Å²) in [5.74, 6) is -0.959. The lowest BCUT2D eigenvalue weighted by Crippen LogP contribution is -2.46. The van der Waals surface area contributed by atoms with E-state index in [1.54, 1.807) is 6.92 Å². The van der Waals surface area contributed by atoms with Crippen molar-refractivity contribution in [3.63, 3.8) is 0 Å². The van der Waals surface area contributed by atoms with Gasteiger partial charge < -0.3 is 18.9 Å². The van der Waals surface area contributed by atoms with Crippen molar-refractivity contribution in [1.82, 2.24) is 9.47 Å². The van der Waals surface area contributed by atoms with Crippen LogP contribution < -0.4 is 0 Å². The number of ether oxygens (including phenoxy) is 2. The number of esters is 2. The Morgan fingerprint density at radius 2 is 1.94 bits per heavy atom. The summed E-state index contributed by atoms with van der Waals surface area (Å²) in [6.45, 7) is 5.60.